The number of amides is 2. The number of aryl methyl sites for hydroxylation is 1. The molecule has 228 valence electrons. The van der Waals surface area contributed by atoms with E-state index in [2.05, 4.69) is 56.3 Å². The van der Waals surface area contributed by atoms with E-state index in [1.165, 1.54) is 6.20 Å². The first kappa shape index (κ1) is 31.8. The van der Waals surface area contributed by atoms with Crippen molar-refractivity contribution in [3.05, 3.63) is 40.7 Å². The number of carbonyl (C=O) groups excluding carboxylic acids is 1. The summed E-state index contributed by atoms with van der Waals surface area (Å²) in [7, 11) is 1.10. The van der Waals surface area contributed by atoms with Crippen LogP contribution in [0.2, 0.25) is 18.1 Å². The van der Waals surface area contributed by atoms with E-state index in [1.807, 2.05) is 0 Å². The van der Waals surface area contributed by atoms with Gasteiger partial charge in [0.15, 0.2) is 8.32 Å². The summed E-state index contributed by atoms with van der Waals surface area (Å²) in [5.41, 5.74) is 2.71. The van der Waals surface area contributed by atoms with Gasteiger partial charge in [-0.15, -0.1) is 0 Å². The number of urea groups is 1. The van der Waals surface area contributed by atoms with Gasteiger partial charge in [-0.1, -0.05) is 20.8 Å². The van der Waals surface area contributed by atoms with Gasteiger partial charge in [0.05, 0.1) is 18.9 Å². The van der Waals surface area contributed by atoms with Crippen molar-refractivity contribution in [2.45, 2.75) is 83.6 Å². The summed E-state index contributed by atoms with van der Waals surface area (Å²) >= 11 is 0. The monoisotopic (exact) mass is 597 g/mol. The number of methoxy groups -OCH3 is 2. The Bertz CT molecular complexity index is 1300. The standard InChI is InChI=1S/C30H43N5O6Si/c1-30(2,3)42(6,7)41-18-21-14-20-10-8-12-35(27(20)34-26(21)28(37-4)38-5)29(36)33-25-15-24(22(16-31)17-32-25)40-19-23-11-9-13-39-23/h14-15,17,23,28H,8-13,18-19H2,1-7H3,(H,32,33,36). The molecule has 2 aliphatic rings. The van der Waals surface area contributed by atoms with E-state index in [-0.39, 0.29) is 23.0 Å². The second-order valence-electron chi connectivity index (χ2n) is 12.2. The second-order valence-corrected chi connectivity index (χ2v) is 17.0. The SMILES string of the molecule is COC(OC)c1nc2c(cc1CO[Si](C)(C)C(C)(C)C)CCCN2C(=O)Nc1cc(OCC2CCCO2)c(C#N)cn1. The lowest BCUT2D eigenvalue weighted by atomic mass is 10.0. The van der Waals surface area contributed by atoms with Crippen LogP contribution >= 0.6 is 0 Å². The molecule has 4 heterocycles. The number of anilines is 2. The number of ether oxygens (including phenoxy) is 4. The third-order valence-electron chi connectivity index (χ3n) is 8.24. The number of rotatable bonds is 10. The summed E-state index contributed by atoms with van der Waals surface area (Å²) in [4.78, 5) is 24.4. The van der Waals surface area contributed by atoms with Crippen LogP contribution in [-0.2, 0) is 31.7 Å². The Hall–Kier alpha value is -3.08. The van der Waals surface area contributed by atoms with Crippen LogP contribution in [-0.4, -0.2) is 64.4 Å². The number of nitrogens with zero attached hydrogens (tertiary/aromatic N) is 4. The summed E-state index contributed by atoms with van der Waals surface area (Å²) < 4.78 is 29.2. The minimum Gasteiger partial charge on any atom is -0.489 e. The topological polar surface area (TPSA) is 128 Å². The van der Waals surface area contributed by atoms with Gasteiger partial charge < -0.3 is 23.4 Å². The molecule has 0 aromatic carbocycles. The molecule has 4 rings (SSSR count). The van der Waals surface area contributed by atoms with Gasteiger partial charge in [-0.05, 0) is 55.4 Å². The highest BCUT2D eigenvalue weighted by atomic mass is 28.4. The minimum atomic E-state index is -2.03. The van der Waals surface area contributed by atoms with E-state index >= 15 is 0 Å². The van der Waals surface area contributed by atoms with Gasteiger partial charge in [0, 0.05) is 39.0 Å². The fourth-order valence-corrected chi connectivity index (χ4v) is 5.66. The molecule has 0 aliphatic carbocycles. The first-order valence-electron chi connectivity index (χ1n) is 14.4. The molecule has 1 atom stereocenters. The van der Waals surface area contributed by atoms with Gasteiger partial charge in [0.2, 0.25) is 6.29 Å². The molecular formula is C30H43N5O6Si. The molecule has 11 nitrogen and oxygen atoms in total. The highest BCUT2D eigenvalue weighted by Gasteiger charge is 2.38. The molecule has 42 heavy (non-hydrogen) atoms. The van der Waals surface area contributed by atoms with Gasteiger partial charge in [-0.3, -0.25) is 10.2 Å². The normalized spacial score (nSPS) is 17.2. The van der Waals surface area contributed by atoms with E-state index in [9.17, 15) is 10.1 Å². The molecule has 2 aliphatic heterocycles. The van der Waals surface area contributed by atoms with Crippen LogP contribution in [0.25, 0.3) is 0 Å². The van der Waals surface area contributed by atoms with Gasteiger partial charge in [-0.2, -0.15) is 5.26 Å². The van der Waals surface area contributed by atoms with Crippen LogP contribution in [0, 0.1) is 11.3 Å². The van der Waals surface area contributed by atoms with Crippen LogP contribution in [0.15, 0.2) is 18.3 Å². The Balaban J connectivity index is 1.58. The maximum absolute atomic E-state index is 13.6. The number of nitriles is 1. The van der Waals surface area contributed by atoms with Crippen molar-refractivity contribution in [1.82, 2.24) is 9.97 Å². The smallest absolute Gasteiger partial charge is 0.328 e. The lowest BCUT2D eigenvalue weighted by Gasteiger charge is -2.36. The number of fused-ring (bicyclic) bond motifs is 1. The summed E-state index contributed by atoms with van der Waals surface area (Å²) in [6, 6.07) is 5.35. The van der Waals surface area contributed by atoms with Crippen LogP contribution in [0.1, 0.15) is 68.7 Å². The summed E-state index contributed by atoms with van der Waals surface area (Å²) in [5.74, 6) is 1.18. The average Bonchev–Trinajstić information content (AvgIpc) is 3.48. The Morgan fingerprint density at radius 3 is 2.67 bits per heavy atom. The van der Waals surface area contributed by atoms with Crippen LogP contribution in [0.4, 0.5) is 16.4 Å². The third-order valence-corrected chi connectivity index (χ3v) is 12.7. The van der Waals surface area contributed by atoms with Crippen molar-refractivity contribution in [2.24, 2.45) is 0 Å². The molecule has 1 unspecified atom stereocenters. The lowest BCUT2D eigenvalue weighted by molar-refractivity contribution is -0.109. The van der Waals surface area contributed by atoms with E-state index < -0.39 is 14.6 Å². The molecule has 2 aromatic rings. The Kier molecular flexibility index (Phi) is 10.2. The van der Waals surface area contributed by atoms with Crippen LogP contribution in [0.5, 0.6) is 5.75 Å². The summed E-state index contributed by atoms with van der Waals surface area (Å²) in [5, 5.41) is 12.4. The van der Waals surface area contributed by atoms with Crippen molar-refractivity contribution in [3.63, 3.8) is 0 Å². The zero-order valence-electron chi connectivity index (χ0n) is 25.8. The first-order chi connectivity index (χ1) is 20.0. The fraction of sp³-hybridized carbons (Fsp3) is 0.600. The van der Waals surface area contributed by atoms with Crippen LogP contribution < -0.4 is 15.0 Å². The molecule has 0 saturated carbocycles. The zero-order valence-corrected chi connectivity index (χ0v) is 26.8. The lowest BCUT2D eigenvalue weighted by Crippen LogP contribution is -2.41. The maximum Gasteiger partial charge on any atom is 0.328 e. The molecule has 12 heteroatoms. The highest BCUT2D eigenvalue weighted by Crippen LogP contribution is 2.38. The van der Waals surface area contributed by atoms with Gasteiger partial charge in [-0.25, -0.2) is 14.8 Å². The quantitative estimate of drug-likeness (QED) is 0.271. The maximum atomic E-state index is 13.6. The molecule has 0 bridgehead atoms. The Labute approximate surface area is 249 Å². The van der Waals surface area contributed by atoms with E-state index in [1.54, 1.807) is 25.2 Å². The van der Waals surface area contributed by atoms with Crippen molar-refractivity contribution in [3.8, 4) is 11.8 Å². The van der Waals surface area contributed by atoms with Crippen molar-refractivity contribution >= 4 is 26.0 Å². The molecule has 0 radical (unpaired) electrons. The molecular weight excluding hydrogens is 554 g/mol. The number of nitrogens with one attached hydrogen (secondary N) is 1. The predicted octanol–water partition coefficient (Wildman–Crippen LogP) is 5.70. The zero-order chi connectivity index (χ0) is 30.5. The molecule has 1 saturated heterocycles. The van der Waals surface area contributed by atoms with Gasteiger partial charge >= 0.3 is 6.03 Å². The molecule has 1 fully saturated rings. The second kappa shape index (κ2) is 13.5. The minimum absolute atomic E-state index is 0.00642. The number of pyridine rings is 2. The Morgan fingerprint density at radius 1 is 1.26 bits per heavy atom. The van der Waals surface area contributed by atoms with Gasteiger partial charge in [0.25, 0.3) is 0 Å². The molecule has 2 aromatic heterocycles. The average molecular weight is 598 g/mol. The van der Waals surface area contributed by atoms with Crippen molar-refractivity contribution in [2.75, 3.05) is 44.2 Å². The van der Waals surface area contributed by atoms with Crippen LogP contribution in [0.3, 0.4) is 0 Å². The van der Waals surface area contributed by atoms with Crippen molar-refractivity contribution < 1.29 is 28.2 Å². The molecule has 0 spiro atoms. The van der Waals surface area contributed by atoms with Crippen molar-refractivity contribution in [1.29, 1.82) is 5.26 Å². The van der Waals surface area contributed by atoms with E-state index in [4.69, 9.17) is 28.4 Å². The third kappa shape index (κ3) is 7.27. The number of hydrogen-bond acceptors (Lipinski definition) is 9. The predicted molar refractivity (Wildman–Crippen MR) is 161 cm³/mol. The van der Waals surface area contributed by atoms with Gasteiger partial charge in [0.1, 0.15) is 41.3 Å². The number of carbonyl (C=O) groups is 1. The number of hydrogen-bond donors (Lipinski definition) is 1. The van der Waals surface area contributed by atoms with E-state index in [0.29, 0.717) is 49.2 Å². The first-order valence-corrected chi connectivity index (χ1v) is 17.3. The number of aromatic nitrogens is 2. The molecule has 1 N–H and O–H groups in total. The fourth-order valence-electron chi connectivity index (χ4n) is 4.71. The summed E-state index contributed by atoms with van der Waals surface area (Å²) in [6.45, 7) is 12.9. The largest absolute Gasteiger partial charge is 0.489 e. The molecule has 2 amide bonds. The Morgan fingerprint density at radius 2 is 2.02 bits per heavy atom. The van der Waals surface area contributed by atoms with E-state index in [0.717, 1.165) is 36.8 Å². The summed E-state index contributed by atoms with van der Waals surface area (Å²) in [6.07, 6.45) is 4.13. The highest BCUT2D eigenvalue weighted by molar-refractivity contribution is 6.74.